The van der Waals surface area contributed by atoms with E-state index in [1.54, 1.807) is 6.20 Å². The average Bonchev–Trinajstić information content (AvgIpc) is 2.73. The van der Waals surface area contributed by atoms with Gasteiger partial charge in [-0.1, -0.05) is 31.2 Å². The molecule has 84 valence electrons. The quantitative estimate of drug-likeness (QED) is 0.849. The Morgan fingerprint density at radius 1 is 1.12 bits per heavy atom. The molecule has 0 aliphatic carbocycles. The molecule has 0 unspecified atom stereocenters. The van der Waals surface area contributed by atoms with Crippen LogP contribution in [0.1, 0.15) is 18.1 Å². The molecule has 0 amide bonds. The maximum Gasteiger partial charge on any atom is 0.124 e. The van der Waals surface area contributed by atoms with Crippen LogP contribution in [0.5, 0.6) is 0 Å². The van der Waals surface area contributed by atoms with Crippen molar-refractivity contribution in [1.29, 1.82) is 0 Å². The van der Waals surface area contributed by atoms with E-state index in [9.17, 15) is 0 Å². The molecule has 0 bridgehead atoms. The first-order valence-corrected chi connectivity index (χ1v) is 5.59. The first kappa shape index (κ1) is 10.7. The topological polar surface area (TPSA) is 29.9 Å². The highest BCUT2D eigenvalue weighted by atomic mass is 15.3. The normalized spacial score (nSPS) is 10.4. The van der Waals surface area contributed by atoms with Crippen LogP contribution in [-0.2, 0) is 20.0 Å². The number of nitrogens with one attached hydrogen (secondary N) is 1. The number of aromatic nitrogens is 2. The molecule has 16 heavy (non-hydrogen) atoms. The Hall–Kier alpha value is -1.77. The van der Waals surface area contributed by atoms with Crippen LogP contribution < -0.4 is 5.32 Å². The molecule has 0 fully saturated rings. The van der Waals surface area contributed by atoms with Crippen LogP contribution in [0.25, 0.3) is 0 Å². The van der Waals surface area contributed by atoms with Gasteiger partial charge in [-0.15, -0.1) is 0 Å². The smallest absolute Gasteiger partial charge is 0.124 e. The second kappa shape index (κ2) is 4.84. The van der Waals surface area contributed by atoms with Crippen molar-refractivity contribution in [2.75, 3.05) is 5.32 Å². The Kier molecular flexibility index (Phi) is 3.25. The summed E-state index contributed by atoms with van der Waals surface area (Å²) in [6, 6.07) is 10.7. The van der Waals surface area contributed by atoms with Gasteiger partial charge in [0.2, 0.25) is 0 Å². The van der Waals surface area contributed by atoms with Crippen LogP contribution in [0.15, 0.2) is 36.5 Å². The summed E-state index contributed by atoms with van der Waals surface area (Å²) in [6.45, 7) is 3.01. The lowest BCUT2D eigenvalue weighted by Crippen LogP contribution is -2.04. The molecular weight excluding hydrogens is 198 g/mol. The van der Waals surface area contributed by atoms with Gasteiger partial charge in [-0.25, -0.2) is 0 Å². The van der Waals surface area contributed by atoms with Gasteiger partial charge in [-0.3, -0.25) is 4.68 Å². The van der Waals surface area contributed by atoms with Crippen LogP contribution in [0.3, 0.4) is 0 Å². The molecule has 0 spiro atoms. The monoisotopic (exact) mass is 215 g/mol. The van der Waals surface area contributed by atoms with Gasteiger partial charge in [0.15, 0.2) is 0 Å². The van der Waals surface area contributed by atoms with Gasteiger partial charge in [-0.2, -0.15) is 5.10 Å². The predicted octanol–water partition coefficient (Wildman–Crippen LogP) is 2.59. The Morgan fingerprint density at radius 2 is 1.81 bits per heavy atom. The molecule has 0 atom stereocenters. The van der Waals surface area contributed by atoms with E-state index >= 15 is 0 Å². The Morgan fingerprint density at radius 3 is 2.38 bits per heavy atom. The lowest BCUT2D eigenvalue weighted by molar-refractivity contribution is 0.769. The van der Waals surface area contributed by atoms with E-state index in [1.807, 2.05) is 17.8 Å². The summed E-state index contributed by atoms with van der Waals surface area (Å²) in [7, 11) is 1.93. The van der Waals surface area contributed by atoms with Crippen molar-refractivity contribution in [1.82, 2.24) is 9.78 Å². The van der Waals surface area contributed by atoms with Crippen molar-refractivity contribution in [2.45, 2.75) is 19.9 Å². The highest BCUT2D eigenvalue weighted by molar-refractivity contribution is 5.35. The highest BCUT2D eigenvalue weighted by Gasteiger charge is 1.97. The first-order chi connectivity index (χ1) is 7.79. The van der Waals surface area contributed by atoms with Crippen LogP contribution in [-0.4, -0.2) is 9.78 Å². The van der Waals surface area contributed by atoms with E-state index in [-0.39, 0.29) is 0 Å². The molecule has 1 N–H and O–H groups in total. The molecule has 1 aromatic heterocycles. The molecule has 1 aromatic carbocycles. The van der Waals surface area contributed by atoms with Crippen molar-refractivity contribution in [2.24, 2.45) is 7.05 Å². The van der Waals surface area contributed by atoms with Crippen LogP contribution in [0.4, 0.5) is 5.82 Å². The SMILES string of the molecule is CCc1ccc(CNc2ccnn2C)cc1. The number of aryl methyl sites for hydroxylation is 2. The molecule has 2 aromatic rings. The van der Waals surface area contributed by atoms with E-state index in [4.69, 9.17) is 0 Å². The largest absolute Gasteiger partial charge is 0.366 e. The lowest BCUT2D eigenvalue weighted by atomic mass is 10.1. The number of anilines is 1. The molecule has 0 radical (unpaired) electrons. The van der Waals surface area contributed by atoms with Gasteiger partial charge in [-0.05, 0) is 17.5 Å². The zero-order valence-electron chi connectivity index (χ0n) is 9.77. The van der Waals surface area contributed by atoms with Crippen molar-refractivity contribution < 1.29 is 0 Å². The first-order valence-electron chi connectivity index (χ1n) is 5.59. The second-order valence-electron chi connectivity index (χ2n) is 3.86. The van der Waals surface area contributed by atoms with Gasteiger partial charge in [0.1, 0.15) is 5.82 Å². The van der Waals surface area contributed by atoms with E-state index in [0.717, 1.165) is 18.8 Å². The Labute approximate surface area is 96.1 Å². The maximum absolute atomic E-state index is 4.11. The third-order valence-corrected chi connectivity index (χ3v) is 2.73. The van der Waals surface area contributed by atoms with E-state index in [1.165, 1.54) is 11.1 Å². The Bertz CT molecular complexity index is 442. The fraction of sp³-hybridized carbons (Fsp3) is 0.308. The summed E-state index contributed by atoms with van der Waals surface area (Å²) in [5, 5.41) is 7.46. The molecule has 0 aliphatic rings. The standard InChI is InChI=1S/C13H17N3/c1-3-11-4-6-12(7-5-11)10-14-13-8-9-15-16(13)2/h4-9,14H,3,10H2,1-2H3. The van der Waals surface area contributed by atoms with Gasteiger partial charge in [0, 0.05) is 19.7 Å². The zero-order chi connectivity index (χ0) is 11.4. The summed E-state index contributed by atoms with van der Waals surface area (Å²) in [5.74, 6) is 1.04. The third-order valence-electron chi connectivity index (χ3n) is 2.73. The molecule has 1 heterocycles. The summed E-state index contributed by atoms with van der Waals surface area (Å²) in [4.78, 5) is 0. The van der Waals surface area contributed by atoms with Crippen LogP contribution in [0, 0.1) is 0 Å². The van der Waals surface area contributed by atoms with Crippen molar-refractivity contribution in [3.8, 4) is 0 Å². The minimum atomic E-state index is 0.837. The molecule has 3 nitrogen and oxygen atoms in total. The van der Waals surface area contributed by atoms with Crippen LogP contribution in [0.2, 0.25) is 0 Å². The molecule has 3 heteroatoms. The van der Waals surface area contributed by atoms with Crippen molar-refractivity contribution >= 4 is 5.82 Å². The molecular formula is C13H17N3. The van der Waals surface area contributed by atoms with Gasteiger partial charge < -0.3 is 5.32 Å². The number of benzene rings is 1. The minimum Gasteiger partial charge on any atom is -0.366 e. The fourth-order valence-corrected chi connectivity index (χ4v) is 1.63. The Balaban J connectivity index is 1.97. The number of rotatable bonds is 4. The summed E-state index contributed by atoms with van der Waals surface area (Å²) in [6.07, 6.45) is 2.89. The number of nitrogens with zero attached hydrogens (tertiary/aromatic N) is 2. The zero-order valence-corrected chi connectivity index (χ0v) is 9.77. The molecule has 2 rings (SSSR count). The lowest BCUT2D eigenvalue weighted by Gasteiger charge is -2.07. The highest BCUT2D eigenvalue weighted by Crippen LogP contribution is 2.09. The second-order valence-corrected chi connectivity index (χ2v) is 3.86. The van der Waals surface area contributed by atoms with Gasteiger partial charge in [0.05, 0.1) is 6.20 Å². The number of hydrogen-bond acceptors (Lipinski definition) is 2. The molecule has 0 aliphatic heterocycles. The van der Waals surface area contributed by atoms with E-state index in [0.29, 0.717) is 0 Å². The maximum atomic E-state index is 4.11. The molecule has 0 saturated heterocycles. The van der Waals surface area contributed by atoms with E-state index < -0.39 is 0 Å². The summed E-state index contributed by atoms with van der Waals surface area (Å²) in [5.41, 5.74) is 2.67. The number of hydrogen-bond donors (Lipinski definition) is 1. The third kappa shape index (κ3) is 2.42. The van der Waals surface area contributed by atoms with Crippen molar-refractivity contribution in [3.63, 3.8) is 0 Å². The minimum absolute atomic E-state index is 0.837. The molecule has 0 saturated carbocycles. The van der Waals surface area contributed by atoms with Gasteiger partial charge >= 0.3 is 0 Å². The summed E-state index contributed by atoms with van der Waals surface area (Å²) < 4.78 is 1.83. The van der Waals surface area contributed by atoms with Crippen LogP contribution >= 0.6 is 0 Å². The fourth-order valence-electron chi connectivity index (χ4n) is 1.63. The van der Waals surface area contributed by atoms with Crippen molar-refractivity contribution in [3.05, 3.63) is 47.7 Å². The van der Waals surface area contributed by atoms with E-state index in [2.05, 4.69) is 41.6 Å². The summed E-state index contributed by atoms with van der Waals surface area (Å²) >= 11 is 0. The average molecular weight is 215 g/mol. The predicted molar refractivity (Wildman–Crippen MR) is 66.4 cm³/mol. The van der Waals surface area contributed by atoms with Gasteiger partial charge in [0.25, 0.3) is 0 Å².